The highest BCUT2D eigenvalue weighted by molar-refractivity contribution is 7.19. The topological polar surface area (TPSA) is 29.5 Å². The van der Waals surface area contributed by atoms with Crippen LogP contribution in [0, 0.1) is 0 Å². The minimum atomic E-state index is -0.767. The van der Waals surface area contributed by atoms with Crippen molar-refractivity contribution >= 4 is 21.4 Å². The molecule has 2 rings (SSSR count). The fourth-order valence-corrected chi connectivity index (χ4v) is 2.49. The van der Waals surface area contributed by atoms with Gasteiger partial charge in [-0.3, -0.25) is 0 Å². The van der Waals surface area contributed by atoms with Gasteiger partial charge in [0.1, 0.15) is 5.75 Å². The molecule has 1 heterocycles. The minimum absolute atomic E-state index is 0.767. The van der Waals surface area contributed by atoms with E-state index in [0.717, 1.165) is 16.0 Å². The van der Waals surface area contributed by atoms with Crippen molar-refractivity contribution in [2.24, 2.45) is 0 Å². The van der Waals surface area contributed by atoms with E-state index in [9.17, 15) is 5.11 Å². The fourth-order valence-electron chi connectivity index (χ4n) is 1.45. The Morgan fingerprint density at radius 2 is 2.00 bits per heavy atom. The van der Waals surface area contributed by atoms with Gasteiger partial charge in [-0.25, -0.2) is 0 Å². The Morgan fingerprint density at radius 3 is 2.60 bits per heavy atom. The number of hydrogen-bond acceptors (Lipinski definition) is 3. The smallest absolute Gasteiger partial charge is 0.119 e. The van der Waals surface area contributed by atoms with Crippen LogP contribution in [0.2, 0.25) is 0 Å². The number of rotatable bonds is 2. The van der Waals surface area contributed by atoms with E-state index in [1.54, 1.807) is 32.3 Å². The molecule has 1 N–H and O–H groups in total. The third kappa shape index (κ3) is 1.98. The molecule has 0 fully saturated rings. The lowest BCUT2D eigenvalue weighted by Crippen LogP contribution is -2.12. The van der Waals surface area contributed by atoms with Gasteiger partial charge in [-0.15, -0.1) is 11.3 Å². The van der Waals surface area contributed by atoms with Gasteiger partial charge in [0.2, 0.25) is 0 Å². The van der Waals surface area contributed by atoms with Gasteiger partial charge in [-0.1, -0.05) is 0 Å². The first kappa shape index (κ1) is 10.5. The van der Waals surface area contributed by atoms with Crippen molar-refractivity contribution in [3.63, 3.8) is 0 Å². The van der Waals surface area contributed by atoms with E-state index in [2.05, 4.69) is 0 Å². The second kappa shape index (κ2) is 3.51. The van der Waals surface area contributed by atoms with E-state index in [-0.39, 0.29) is 0 Å². The molecule has 0 aliphatic carbocycles. The summed E-state index contributed by atoms with van der Waals surface area (Å²) in [5.41, 5.74) is -0.767. The van der Waals surface area contributed by atoms with Gasteiger partial charge in [-0.2, -0.15) is 0 Å². The zero-order valence-electron chi connectivity index (χ0n) is 9.07. The highest BCUT2D eigenvalue weighted by Crippen LogP contribution is 2.34. The number of hydrogen-bond donors (Lipinski definition) is 1. The summed E-state index contributed by atoms with van der Waals surface area (Å²) >= 11 is 1.62. The van der Waals surface area contributed by atoms with Crippen LogP contribution in [-0.4, -0.2) is 12.2 Å². The Bertz CT molecular complexity index is 480. The maximum absolute atomic E-state index is 9.90. The van der Waals surface area contributed by atoms with Gasteiger partial charge in [0.05, 0.1) is 12.7 Å². The van der Waals surface area contributed by atoms with Gasteiger partial charge in [0.15, 0.2) is 0 Å². The van der Waals surface area contributed by atoms with Crippen LogP contribution in [0.4, 0.5) is 0 Å². The van der Waals surface area contributed by atoms with Crippen molar-refractivity contribution < 1.29 is 9.84 Å². The molecule has 2 nitrogen and oxygen atoms in total. The lowest BCUT2D eigenvalue weighted by atomic mass is 10.1. The van der Waals surface area contributed by atoms with Crippen molar-refractivity contribution in [1.82, 2.24) is 0 Å². The van der Waals surface area contributed by atoms with Gasteiger partial charge in [0, 0.05) is 9.58 Å². The molecule has 0 aliphatic heterocycles. The van der Waals surface area contributed by atoms with Crippen LogP contribution in [0.15, 0.2) is 24.3 Å². The molecule has 0 unspecified atom stereocenters. The molecule has 0 aliphatic rings. The molecule has 0 saturated carbocycles. The maximum atomic E-state index is 9.90. The molecular weight excluding hydrogens is 208 g/mol. The molecular formula is C12H14O2S. The van der Waals surface area contributed by atoms with Crippen LogP contribution in [0.5, 0.6) is 5.75 Å². The number of methoxy groups -OCH3 is 1. The normalized spacial score (nSPS) is 12.0. The standard InChI is InChI=1S/C12H14O2S/c1-12(2,13)11-7-8-6-9(14-3)4-5-10(8)15-11/h4-7,13H,1-3H3. The number of ether oxygens (including phenoxy) is 1. The lowest BCUT2D eigenvalue weighted by Gasteiger charge is -2.13. The molecule has 3 heteroatoms. The van der Waals surface area contributed by atoms with E-state index in [0.29, 0.717) is 0 Å². The van der Waals surface area contributed by atoms with Crippen LogP contribution < -0.4 is 4.74 Å². The molecule has 2 aromatic rings. The van der Waals surface area contributed by atoms with Crippen LogP contribution in [0.1, 0.15) is 18.7 Å². The average molecular weight is 222 g/mol. The summed E-state index contributed by atoms with van der Waals surface area (Å²) in [6.07, 6.45) is 0. The van der Waals surface area contributed by atoms with Crippen LogP contribution in [0.3, 0.4) is 0 Å². The molecule has 80 valence electrons. The number of fused-ring (bicyclic) bond motifs is 1. The number of aliphatic hydroxyl groups is 1. The molecule has 1 aromatic carbocycles. The molecule has 0 radical (unpaired) electrons. The van der Waals surface area contributed by atoms with E-state index in [1.165, 1.54) is 4.70 Å². The lowest BCUT2D eigenvalue weighted by molar-refractivity contribution is 0.0826. The SMILES string of the molecule is COc1ccc2sc(C(C)(C)O)cc2c1. The van der Waals surface area contributed by atoms with Crippen molar-refractivity contribution in [3.8, 4) is 5.75 Å². The van der Waals surface area contributed by atoms with Crippen molar-refractivity contribution in [2.75, 3.05) is 7.11 Å². The first-order valence-electron chi connectivity index (χ1n) is 4.81. The van der Waals surface area contributed by atoms with Crippen molar-refractivity contribution in [1.29, 1.82) is 0 Å². The van der Waals surface area contributed by atoms with Crippen LogP contribution in [0.25, 0.3) is 10.1 Å². The first-order chi connectivity index (χ1) is 7.00. The van der Waals surface area contributed by atoms with E-state index in [4.69, 9.17) is 4.74 Å². The summed E-state index contributed by atoms with van der Waals surface area (Å²) in [4.78, 5) is 0.978. The van der Waals surface area contributed by atoms with E-state index in [1.807, 2.05) is 24.3 Å². The fraction of sp³-hybridized carbons (Fsp3) is 0.333. The molecule has 0 spiro atoms. The molecule has 0 atom stereocenters. The molecule has 0 amide bonds. The third-order valence-electron chi connectivity index (χ3n) is 2.33. The molecule has 0 saturated heterocycles. The highest BCUT2D eigenvalue weighted by Gasteiger charge is 2.18. The second-order valence-corrected chi connectivity index (χ2v) is 5.16. The largest absolute Gasteiger partial charge is 0.497 e. The van der Waals surface area contributed by atoms with Crippen molar-refractivity contribution in [3.05, 3.63) is 29.1 Å². The van der Waals surface area contributed by atoms with Gasteiger partial charge >= 0.3 is 0 Å². The third-order valence-corrected chi connectivity index (χ3v) is 3.76. The quantitative estimate of drug-likeness (QED) is 0.846. The molecule has 1 aromatic heterocycles. The van der Waals surface area contributed by atoms with E-state index < -0.39 is 5.60 Å². The maximum Gasteiger partial charge on any atom is 0.119 e. The van der Waals surface area contributed by atoms with Gasteiger partial charge in [-0.05, 0) is 43.5 Å². The molecule has 0 bridgehead atoms. The predicted molar refractivity (Wildman–Crippen MR) is 63.6 cm³/mol. The second-order valence-electron chi connectivity index (χ2n) is 4.07. The minimum Gasteiger partial charge on any atom is -0.497 e. The Hall–Kier alpha value is -1.06. The summed E-state index contributed by atoms with van der Waals surface area (Å²) in [5, 5.41) is 11.0. The average Bonchev–Trinajstić information content (AvgIpc) is 2.59. The zero-order valence-corrected chi connectivity index (χ0v) is 9.89. The summed E-state index contributed by atoms with van der Waals surface area (Å²) in [6.45, 7) is 3.60. The summed E-state index contributed by atoms with van der Waals surface area (Å²) in [6, 6.07) is 7.96. The Labute approximate surface area is 93.1 Å². The Kier molecular flexibility index (Phi) is 2.44. The zero-order chi connectivity index (χ0) is 11.1. The van der Waals surface area contributed by atoms with Gasteiger partial charge < -0.3 is 9.84 Å². The number of thiophene rings is 1. The summed E-state index contributed by atoms with van der Waals surface area (Å²) in [5.74, 6) is 0.850. The summed E-state index contributed by atoms with van der Waals surface area (Å²) in [7, 11) is 1.66. The van der Waals surface area contributed by atoms with Gasteiger partial charge in [0.25, 0.3) is 0 Å². The van der Waals surface area contributed by atoms with E-state index >= 15 is 0 Å². The summed E-state index contributed by atoms with van der Waals surface area (Å²) < 4.78 is 6.33. The van der Waals surface area contributed by atoms with Crippen LogP contribution in [-0.2, 0) is 5.60 Å². The highest BCUT2D eigenvalue weighted by atomic mass is 32.1. The number of benzene rings is 1. The molecule has 15 heavy (non-hydrogen) atoms. The predicted octanol–water partition coefficient (Wildman–Crippen LogP) is 3.14. The van der Waals surface area contributed by atoms with Crippen LogP contribution >= 0.6 is 11.3 Å². The van der Waals surface area contributed by atoms with Crippen molar-refractivity contribution in [2.45, 2.75) is 19.4 Å². The Balaban J connectivity index is 2.56. The first-order valence-corrected chi connectivity index (χ1v) is 5.63. The Morgan fingerprint density at radius 1 is 1.27 bits per heavy atom. The monoisotopic (exact) mass is 222 g/mol.